The Kier molecular flexibility index (Phi) is 2.74. The van der Waals surface area contributed by atoms with Gasteiger partial charge in [-0.15, -0.1) is 0 Å². The molecular weight excluding hydrogens is 180 g/mol. The molecule has 0 radical (unpaired) electrons. The van der Waals surface area contributed by atoms with Crippen LogP contribution in [0.5, 0.6) is 0 Å². The number of hydrogen-bond acceptors (Lipinski definition) is 2. The number of rotatable bonds is 2. The topological polar surface area (TPSA) is 48.1 Å². The third kappa shape index (κ3) is 1.84. The quantitative estimate of drug-likeness (QED) is 0.535. The maximum absolute atomic E-state index is 10.4. The van der Waals surface area contributed by atoms with Crippen molar-refractivity contribution in [2.45, 2.75) is 20.8 Å². The van der Waals surface area contributed by atoms with Crippen LogP contribution in [0, 0.1) is 24.0 Å². The van der Waals surface area contributed by atoms with E-state index in [2.05, 4.69) is 0 Å². The monoisotopic (exact) mass is 194 g/mol. The van der Waals surface area contributed by atoms with Crippen molar-refractivity contribution in [3.63, 3.8) is 0 Å². The highest BCUT2D eigenvalue weighted by Crippen LogP contribution is 2.16. The first-order valence-electron chi connectivity index (χ1n) is 4.39. The Labute approximate surface area is 83.0 Å². The predicted octanol–water partition coefficient (Wildman–Crippen LogP) is 2.28. The van der Waals surface area contributed by atoms with Gasteiger partial charge in [-0.05, 0) is 19.9 Å². The summed E-state index contributed by atoms with van der Waals surface area (Å²) in [7, 11) is 1.95. The summed E-state index contributed by atoms with van der Waals surface area (Å²) in [6, 6.07) is 1.95. The van der Waals surface area contributed by atoms with Crippen LogP contribution in [0.25, 0.3) is 6.08 Å². The minimum absolute atomic E-state index is 0.165. The molecule has 0 saturated carbocycles. The third-order valence-electron chi connectivity index (χ3n) is 2.47. The van der Waals surface area contributed by atoms with Crippen LogP contribution in [0.1, 0.15) is 23.9 Å². The zero-order valence-corrected chi connectivity index (χ0v) is 8.87. The summed E-state index contributed by atoms with van der Waals surface area (Å²) in [5.41, 5.74) is 3.23. The van der Waals surface area contributed by atoms with Gasteiger partial charge >= 0.3 is 0 Å². The molecule has 0 fully saturated rings. The minimum Gasteiger partial charge on any atom is -0.352 e. The van der Waals surface area contributed by atoms with Gasteiger partial charge in [0.15, 0.2) is 0 Å². The van der Waals surface area contributed by atoms with Crippen LogP contribution in [0.15, 0.2) is 11.8 Å². The maximum Gasteiger partial charge on any atom is 0.243 e. The fraction of sp³-hybridized carbons (Fsp3) is 0.400. The SMILES string of the molecule is CC(=Cc1cc(C)n(C)c1C)[N+](=O)[O-]. The lowest BCUT2D eigenvalue weighted by molar-refractivity contribution is -0.422. The second-order valence-corrected chi connectivity index (χ2v) is 3.43. The molecule has 1 aromatic heterocycles. The van der Waals surface area contributed by atoms with Gasteiger partial charge in [0.05, 0.1) is 4.92 Å². The van der Waals surface area contributed by atoms with Crippen molar-refractivity contribution >= 4 is 6.08 Å². The van der Waals surface area contributed by atoms with Crippen LogP contribution in [-0.4, -0.2) is 9.49 Å². The first-order valence-corrected chi connectivity index (χ1v) is 4.39. The van der Waals surface area contributed by atoms with Gasteiger partial charge < -0.3 is 4.57 Å². The normalized spacial score (nSPS) is 11.9. The lowest BCUT2D eigenvalue weighted by atomic mass is 10.2. The molecular formula is C10H14N2O2. The van der Waals surface area contributed by atoms with E-state index in [9.17, 15) is 10.1 Å². The van der Waals surface area contributed by atoms with Crippen LogP contribution in [0.3, 0.4) is 0 Å². The van der Waals surface area contributed by atoms with Crippen LogP contribution < -0.4 is 0 Å². The molecule has 4 nitrogen and oxygen atoms in total. The molecule has 1 rings (SSSR count). The van der Waals surface area contributed by atoms with Crippen LogP contribution in [0.4, 0.5) is 0 Å². The maximum atomic E-state index is 10.4. The van der Waals surface area contributed by atoms with Crippen molar-refractivity contribution in [2.75, 3.05) is 0 Å². The number of hydrogen-bond donors (Lipinski definition) is 0. The van der Waals surface area contributed by atoms with E-state index in [1.807, 2.05) is 31.5 Å². The van der Waals surface area contributed by atoms with Gasteiger partial charge in [0.2, 0.25) is 5.70 Å². The average Bonchev–Trinajstić information content (AvgIpc) is 2.33. The highest BCUT2D eigenvalue weighted by Gasteiger charge is 2.07. The smallest absolute Gasteiger partial charge is 0.243 e. The molecule has 1 heterocycles. The number of aryl methyl sites for hydroxylation is 1. The van der Waals surface area contributed by atoms with Gasteiger partial charge in [0.1, 0.15) is 0 Å². The zero-order valence-electron chi connectivity index (χ0n) is 8.87. The number of nitro groups is 1. The highest BCUT2D eigenvalue weighted by molar-refractivity contribution is 5.54. The molecule has 0 unspecified atom stereocenters. The predicted molar refractivity (Wildman–Crippen MR) is 55.5 cm³/mol. The zero-order chi connectivity index (χ0) is 10.9. The molecule has 14 heavy (non-hydrogen) atoms. The fourth-order valence-corrected chi connectivity index (χ4v) is 1.31. The van der Waals surface area contributed by atoms with E-state index in [0.717, 1.165) is 17.0 Å². The minimum atomic E-state index is -0.373. The second-order valence-electron chi connectivity index (χ2n) is 3.43. The molecule has 0 aliphatic carbocycles. The molecule has 1 aromatic rings. The van der Waals surface area contributed by atoms with Crippen LogP contribution >= 0.6 is 0 Å². The van der Waals surface area contributed by atoms with E-state index >= 15 is 0 Å². The largest absolute Gasteiger partial charge is 0.352 e. The van der Waals surface area contributed by atoms with Crippen molar-refractivity contribution in [1.82, 2.24) is 4.57 Å². The van der Waals surface area contributed by atoms with E-state index < -0.39 is 0 Å². The molecule has 76 valence electrons. The van der Waals surface area contributed by atoms with E-state index in [1.54, 1.807) is 6.08 Å². The lowest BCUT2D eigenvalue weighted by Gasteiger charge is -1.98. The molecule has 0 spiro atoms. The first-order chi connectivity index (χ1) is 6.43. The Balaban J connectivity index is 3.16. The molecule has 0 aliphatic rings. The van der Waals surface area contributed by atoms with Crippen molar-refractivity contribution in [3.05, 3.63) is 38.8 Å². The van der Waals surface area contributed by atoms with Gasteiger partial charge in [-0.2, -0.15) is 0 Å². The lowest BCUT2D eigenvalue weighted by Crippen LogP contribution is -1.95. The first kappa shape index (κ1) is 10.5. The van der Waals surface area contributed by atoms with Gasteiger partial charge in [-0.3, -0.25) is 10.1 Å². The van der Waals surface area contributed by atoms with Gasteiger partial charge in [0.25, 0.3) is 0 Å². The van der Waals surface area contributed by atoms with Crippen LogP contribution in [0.2, 0.25) is 0 Å². The Morgan fingerprint density at radius 3 is 2.50 bits per heavy atom. The molecule has 0 aliphatic heterocycles. The summed E-state index contributed by atoms with van der Waals surface area (Å²) < 4.78 is 2.01. The molecule has 0 N–H and O–H groups in total. The van der Waals surface area contributed by atoms with E-state index in [1.165, 1.54) is 6.92 Å². The second kappa shape index (κ2) is 3.65. The summed E-state index contributed by atoms with van der Waals surface area (Å²) in [6.07, 6.45) is 1.60. The summed E-state index contributed by atoms with van der Waals surface area (Å²) in [6.45, 7) is 5.43. The van der Waals surface area contributed by atoms with E-state index in [-0.39, 0.29) is 10.6 Å². The number of allylic oxidation sites excluding steroid dienone is 1. The summed E-state index contributed by atoms with van der Waals surface area (Å²) in [5, 5.41) is 10.4. The summed E-state index contributed by atoms with van der Waals surface area (Å²) in [4.78, 5) is 10.1. The summed E-state index contributed by atoms with van der Waals surface area (Å²) >= 11 is 0. The number of aromatic nitrogens is 1. The molecule has 4 heteroatoms. The van der Waals surface area contributed by atoms with Gasteiger partial charge in [-0.1, -0.05) is 0 Å². The Morgan fingerprint density at radius 2 is 2.14 bits per heavy atom. The highest BCUT2D eigenvalue weighted by atomic mass is 16.6. The van der Waals surface area contributed by atoms with E-state index in [4.69, 9.17) is 0 Å². The molecule has 0 saturated heterocycles. The number of nitrogens with zero attached hydrogens (tertiary/aromatic N) is 2. The van der Waals surface area contributed by atoms with E-state index in [0.29, 0.717) is 0 Å². The Morgan fingerprint density at radius 1 is 1.57 bits per heavy atom. The third-order valence-corrected chi connectivity index (χ3v) is 2.47. The van der Waals surface area contributed by atoms with Crippen molar-refractivity contribution in [1.29, 1.82) is 0 Å². The molecule has 0 bridgehead atoms. The molecule has 0 atom stereocenters. The Hall–Kier alpha value is -1.58. The van der Waals surface area contributed by atoms with Gasteiger partial charge in [-0.25, -0.2) is 0 Å². The van der Waals surface area contributed by atoms with Crippen molar-refractivity contribution < 1.29 is 4.92 Å². The van der Waals surface area contributed by atoms with Crippen molar-refractivity contribution in [3.8, 4) is 0 Å². The Bertz CT molecular complexity index is 402. The molecule has 0 aromatic carbocycles. The molecule has 0 amide bonds. The average molecular weight is 194 g/mol. The standard InChI is InChI=1S/C10H14N2O2/c1-7-5-10(9(3)11(7)4)6-8(2)12(13)14/h5-6H,1-4H3. The summed E-state index contributed by atoms with van der Waals surface area (Å²) in [5.74, 6) is 0. The fourth-order valence-electron chi connectivity index (χ4n) is 1.31. The van der Waals surface area contributed by atoms with Crippen LogP contribution in [-0.2, 0) is 7.05 Å². The van der Waals surface area contributed by atoms with Gasteiger partial charge in [0, 0.05) is 37.0 Å². The van der Waals surface area contributed by atoms with Crippen molar-refractivity contribution in [2.24, 2.45) is 7.05 Å².